The van der Waals surface area contributed by atoms with Gasteiger partial charge in [-0.15, -0.1) is 0 Å². The molecule has 2 nitrogen and oxygen atoms in total. The van der Waals surface area contributed by atoms with Crippen LogP contribution in [0.3, 0.4) is 0 Å². The van der Waals surface area contributed by atoms with Gasteiger partial charge in [-0.25, -0.2) is 0 Å². The van der Waals surface area contributed by atoms with Crippen molar-refractivity contribution in [3.8, 4) is 0 Å². The fourth-order valence-corrected chi connectivity index (χ4v) is 3.97. The van der Waals surface area contributed by atoms with Crippen molar-refractivity contribution in [1.29, 1.82) is 0 Å². The summed E-state index contributed by atoms with van der Waals surface area (Å²) >= 11 is 0. The Morgan fingerprint density at radius 1 is 1.12 bits per heavy atom. The summed E-state index contributed by atoms with van der Waals surface area (Å²) in [5.41, 5.74) is 0. The first-order valence-corrected chi connectivity index (χ1v) is 7.84. The van der Waals surface area contributed by atoms with Crippen LogP contribution in [0.25, 0.3) is 0 Å². The molecule has 2 heterocycles. The van der Waals surface area contributed by atoms with Crippen LogP contribution >= 0.6 is 0 Å². The molecule has 0 aromatic rings. The maximum atomic E-state index is 3.74. The highest BCUT2D eigenvalue weighted by atomic mass is 15.2. The molecule has 3 aliphatic rings. The van der Waals surface area contributed by atoms with E-state index in [2.05, 4.69) is 17.1 Å². The van der Waals surface area contributed by atoms with Gasteiger partial charge in [0.15, 0.2) is 0 Å². The Morgan fingerprint density at radius 3 is 2.71 bits per heavy atom. The number of rotatable bonds is 4. The van der Waals surface area contributed by atoms with Gasteiger partial charge in [-0.2, -0.15) is 0 Å². The van der Waals surface area contributed by atoms with Crippen molar-refractivity contribution in [3.63, 3.8) is 0 Å². The summed E-state index contributed by atoms with van der Waals surface area (Å²) in [4.78, 5) is 2.85. The molecule has 0 amide bonds. The van der Waals surface area contributed by atoms with Gasteiger partial charge in [0.05, 0.1) is 0 Å². The lowest BCUT2D eigenvalue weighted by Crippen LogP contribution is -2.53. The maximum absolute atomic E-state index is 3.74. The monoisotopic (exact) mass is 236 g/mol. The fourth-order valence-electron chi connectivity index (χ4n) is 3.97. The summed E-state index contributed by atoms with van der Waals surface area (Å²) in [7, 11) is 0. The Morgan fingerprint density at radius 2 is 2.00 bits per heavy atom. The highest BCUT2D eigenvalue weighted by Crippen LogP contribution is 2.36. The average Bonchev–Trinajstić information content (AvgIpc) is 3.00. The number of piperidine rings is 1. The van der Waals surface area contributed by atoms with Crippen LogP contribution < -0.4 is 5.32 Å². The lowest BCUT2D eigenvalue weighted by molar-refractivity contribution is 0.0740. The molecule has 98 valence electrons. The van der Waals surface area contributed by atoms with Gasteiger partial charge >= 0.3 is 0 Å². The Hall–Kier alpha value is -0.0800. The number of likely N-dealkylation sites (tertiary alicyclic amines) is 1. The third kappa shape index (κ3) is 2.85. The van der Waals surface area contributed by atoms with Crippen molar-refractivity contribution >= 4 is 0 Å². The van der Waals surface area contributed by atoms with Crippen LogP contribution in [0.5, 0.6) is 0 Å². The second kappa shape index (κ2) is 5.27. The molecule has 1 aliphatic carbocycles. The van der Waals surface area contributed by atoms with Crippen LogP contribution in [0.15, 0.2) is 0 Å². The molecule has 0 spiro atoms. The molecule has 0 aromatic heterocycles. The Labute approximate surface area is 106 Å². The van der Waals surface area contributed by atoms with Crippen molar-refractivity contribution in [2.45, 2.75) is 76.4 Å². The third-order valence-electron chi connectivity index (χ3n) is 5.09. The molecule has 17 heavy (non-hydrogen) atoms. The second-order valence-electron chi connectivity index (χ2n) is 6.53. The molecular weight excluding hydrogens is 208 g/mol. The van der Waals surface area contributed by atoms with E-state index in [0.717, 1.165) is 24.0 Å². The molecule has 1 saturated carbocycles. The summed E-state index contributed by atoms with van der Waals surface area (Å²) < 4.78 is 0. The standard InChI is InChI=1S/C15H28N2/c1-12(11-13-7-8-13)17-10-3-2-6-15(17)14-5-4-9-16-14/h12-16H,2-11H2,1H3. The molecule has 3 atom stereocenters. The summed E-state index contributed by atoms with van der Waals surface area (Å²) in [5, 5.41) is 3.74. The van der Waals surface area contributed by atoms with E-state index in [0.29, 0.717) is 0 Å². The third-order valence-corrected chi connectivity index (χ3v) is 5.09. The first-order chi connectivity index (χ1) is 8.34. The highest BCUT2D eigenvalue weighted by Gasteiger charge is 2.35. The number of nitrogens with zero attached hydrogens (tertiary/aromatic N) is 1. The predicted octanol–water partition coefficient (Wildman–Crippen LogP) is 2.78. The predicted molar refractivity (Wildman–Crippen MR) is 72.2 cm³/mol. The van der Waals surface area contributed by atoms with Crippen molar-refractivity contribution in [2.24, 2.45) is 5.92 Å². The van der Waals surface area contributed by atoms with Gasteiger partial charge in [0.25, 0.3) is 0 Å². The molecule has 3 rings (SSSR count). The van der Waals surface area contributed by atoms with Crippen molar-refractivity contribution < 1.29 is 0 Å². The van der Waals surface area contributed by atoms with Crippen LogP contribution in [0.4, 0.5) is 0 Å². The number of hydrogen-bond donors (Lipinski definition) is 1. The molecule has 2 heteroatoms. The maximum Gasteiger partial charge on any atom is 0.0252 e. The van der Waals surface area contributed by atoms with Gasteiger partial charge in [0, 0.05) is 18.1 Å². The van der Waals surface area contributed by atoms with Crippen molar-refractivity contribution in [3.05, 3.63) is 0 Å². The van der Waals surface area contributed by atoms with E-state index >= 15 is 0 Å². The van der Waals surface area contributed by atoms with E-state index in [1.165, 1.54) is 64.5 Å². The zero-order valence-corrected chi connectivity index (χ0v) is 11.3. The largest absolute Gasteiger partial charge is 0.312 e. The molecule has 1 N–H and O–H groups in total. The summed E-state index contributed by atoms with van der Waals surface area (Å²) in [6, 6.07) is 2.48. The minimum Gasteiger partial charge on any atom is -0.312 e. The van der Waals surface area contributed by atoms with E-state index in [9.17, 15) is 0 Å². The minimum absolute atomic E-state index is 0.803. The van der Waals surface area contributed by atoms with Crippen LogP contribution in [0.1, 0.15) is 58.3 Å². The molecule has 2 saturated heterocycles. The van der Waals surface area contributed by atoms with Crippen molar-refractivity contribution in [2.75, 3.05) is 13.1 Å². The minimum atomic E-state index is 0.803. The molecule has 3 unspecified atom stereocenters. The summed E-state index contributed by atoms with van der Waals surface area (Å²) in [6.45, 7) is 5.09. The Bertz CT molecular complexity index is 243. The van der Waals surface area contributed by atoms with Crippen LogP contribution in [-0.4, -0.2) is 36.1 Å². The van der Waals surface area contributed by atoms with Gasteiger partial charge in [-0.05, 0) is 58.0 Å². The normalized spacial score (nSPS) is 37.2. The van der Waals surface area contributed by atoms with Gasteiger partial charge in [-0.3, -0.25) is 4.90 Å². The highest BCUT2D eigenvalue weighted by molar-refractivity contribution is 4.93. The van der Waals surface area contributed by atoms with E-state index in [-0.39, 0.29) is 0 Å². The first-order valence-electron chi connectivity index (χ1n) is 7.84. The van der Waals surface area contributed by atoms with E-state index < -0.39 is 0 Å². The lowest BCUT2D eigenvalue weighted by Gasteiger charge is -2.43. The molecule has 0 radical (unpaired) electrons. The zero-order chi connectivity index (χ0) is 11.7. The number of hydrogen-bond acceptors (Lipinski definition) is 2. The van der Waals surface area contributed by atoms with Gasteiger partial charge in [0.1, 0.15) is 0 Å². The second-order valence-corrected chi connectivity index (χ2v) is 6.53. The number of nitrogens with one attached hydrogen (secondary N) is 1. The topological polar surface area (TPSA) is 15.3 Å². The zero-order valence-electron chi connectivity index (χ0n) is 11.3. The van der Waals surface area contributed by atoms with Crippen molar-refractivity contribution in [1.82, 2.24) is 10.2 Å². The van der Waals surface area contributed by atoms with E-state index in [1.54, 1.807) is 0 Å². The smallest absolute Gasteiger partial charge is 0.0252 e. The summed E-state index contributed by atoms with van der Waals surface area (Å²) in [6.07, 6.45) is 11.6. The molecule has 3 fully saturated rings. The molecule has 0 aromatic carbocycles. The quantitative estimate of drug-likeness (QED) is 0.807. The first kappa shape index (κ1) is 12.0. The summed E-state index contributed by atoms with van der Waals surface area (Å²) in [5.74, 6) is 1.07. The SMILES string of the molecule is CC(CC1CC1)N1CCCCC1C1CCCN1. The molecular formula is C15H28N2. The van der Waals surface area contributed by atoms with Gasteiger partial charge in [0.2, 0.25) is 0 Å². The Kier molecular flexibility index (Phi) is 3.72. The van der Waals surface area contributed by atoms with E-state index in [1.807, 2.05) is 0 Å². The molecule has 0 bridgehead atoms. The van der Waals surface area contributed by atoms with Gasteiger partial charge in [-0.1, -0.05) is 19.3 Å². The lowest BCUT2D eigenvalue weighted by atomic mass is 9.92. The van der Waals surface area contributed by atoms with Crippen LogP contribution in [-0.2, 0) is 0 Å². The Balaban J connectivity index is 1.61. The fraction of sp³-hybridized carbons (Fsp3) is 1.00. The van der Waals surface area contributed by atoms with Crippen LogP contribution in [0, 0.1) is 5.92 Å². The van der Waals surface area contributed by atoms with E-state index in [4.69, 9.17) is 0 Å². The van der Waals surface area contributed by atoms with Crippen LogP contribution in [0.2, 0.25) is 0 Å². The molecule has 2 aliphatic heterocycles. The average molecular weight is 236 g/mol. The van der Waals surface area contributed by atoms with Gasteiger partial charge < -0.3 is 5.32 Å².